The fourth-order valence-electron chi connectivity index (χ4n) is 1.37. The molecule has 2 aromatic rings. The van der Waals surface area contributed by atoms with Gasteiger partial charge in [0.1, 0.15) is 11.6 Å². The highest BCUT2D eigenvalue weighted by Crippen LogP contribution is 2.37. The molecule has 0 saturated carbocycles. The third kappa shape index (κ3) is 3.35. The molecule has 1 unspecified atom stereocenters. The molecule has 96 valence electrons. The van der Waals surface area contributed by atoms with E-state index < -0.39 is 0 Å². The van der Waals surface area contributed by atoms with Crippen molar-refractivity contribution in [2.75, 3.05) is 18.0 Å². The van der Waals surface area contributed by atoms with Gasteiger partial charge in [-0.15, -0.1) is 11.3 Å². The van der Waals surface area contributed by atoms with E-state index in [1.165, 1.54) is 22.7 Å². The zero-order valence-corrected chi connectivity index (χ0v) is 12.6. The highest BCUT2D eigenvalue weighted by Gasteiger charge is 2.16. The first kappa shape index (κ1) is 13.6. The number of rotatable bonds is 4. The fourth-order valence-corrected chi connectivity index (χ4v) is 3.93. The normalized spacial score (nSPS) is 12.6. The van der Waals surface area contributed by atoms with E-state index in [1.807, 2.05) is 12.1 Å². The molecule has 8 heteroatoms. The third-order valence-electron chi connectivity index (χ3n) is 2.12. The van der Waals surface area contributed by atoms with E-state index in [0.717, 1.165) is 3.79 Å². The Morgan fingerprint density at radius 3 is 2.44 bits per heavy atom. The lowest BCUT2D eigenvalue weighted by molar-refractivity contribution is 0.927. The highest BCUT2D eigenvalue weighted by molar-refractivity contribution is 9.11. The lowest BCUT2D eigenvalue weighted by Crippen LogP contribution is -2.09. The van der Waals surface area contributed by atoms with Gasteiger partial charge in [-0.3, -0.25) is 0 Å². The van der Waals surface area contributed by atoms with Crippen LogP contribution in [-0.2, 0) is 0 Å². The second-order valence-corrected chi connectivity index (χ2v) is 7.15. The van der Waals surface area contributed by atoms with Crippen LogP contribution in [-0.4, -0.2) is 16.5 Å². The standard InChI is InChI=1S/C10H12BrN5S2/c11-7-2-1-5(17-7)6(4-12)18-10-15-8(13)3-9(14)16-10/h1-3,6H,4,12H2,(H4,13,14,15,16). The second kappa shape index (κ2) is 5.87. The van der Waals surface area contributed by atoms with Crippen molar-refractivity contribution in [3.63, 3.8) is 0 Å². The number of nitrogen functional groups attached to an aromatic ring is 2. The Labute approximate surface area is 121 Å². The molecule has 0 bridgehead atoms. The molecule has 0 aliphatic rings. The number of nitrogens with zero attached hydrogens (tertiary/aromatic N) is 2. The first-order chi connectivity index (χ1) is 8.58. The smallest absolute Gasteiger partial charge is 0.192 e. The van der Waals surface area contributed by atoms with Gasteiger partial charge in [-0.05, 0) is 28.1 Å². The maximum Gasteiger partial charge on any atom is 0.192 e. The lowest BCUT2D eigenvalue weighted by atomic mass is 10.3. The van der Waals surface area contributed by atoms with Gasteiger partial charge in [0.25, 0.3) is 0 Å². The van der Waals surface area contributed by atoms with Gasteiger partial charge in [-0.1, -0.05) is 11.8 Å². The molecule has 0 aliphatic carbocycles. The van der Waals surface area contributed by atoms with Crippen LogP contribution in [0.4, 0.5) is 11.6 Å². The number of thiophene rings is 1. The Balaban J connectivity index is 2.20. The minimum atomic E-state index is 0.0995. The average molecular weight is 346 g/mol. The average Bonchev–Trinajstić information content (AvgIpc) is 2.71. The Bertz CT molecular complexity index is 525. The summed E-state index contributed by atoms with van der Waals surface area (Å²) in [5.74, 6) is 0.737. The number of aromatic nitrogens is 2. The lowest BCUT2D eigenvalue weighted by Gasteiger charge is -2.11. The maximum absolute atomic E-state index is 5.79. The van der Waals surface area contributed by atoms with E-state index in [9.17, 15) is 0 Å². The SMILES string of the molecule is NCC(Sc1nc(N)cc(N)n1)c1ccc(Br)s1. The summed E-state index contributed by atoms with van der Waals surface area (Å²) < 4.78 is 1.07. The molecule has 0 aliphatic heterocycles. The maximum atomic E-state index is 5.79. The van der Waals surface area contributed by atoms with Gasteiger partial charge in [0.15, 0.2) is 5.16 Å². The van der Waals surface area contributed by atoms with E-state index in [1.54, 1.807) is 11.3 Å². The molecule has 0 amide bonds. The van der Waals surface area contributed by atoms with E-state index in [0.29, 0.717) is 23.3 Å². The van der Waals surface area contributed by atoms with Crippen LogP contribution < -0.4 is 17.2 Å². The number of thioether (sulfide) groups is 1. The van der Waals surface area contributed by atoms with E-state index >= 15 is 0 Å². The molecule has 1 atom stereocenters. The highest BCUT2D eigenvalue weighted by atomic mass is 79.9. The zero-order chi connectivity index (χ0) is 13.1. The van der Waals surface area contributed by atoms with Crippen molar-refractivity contribution in [3.8, 4) is 0 Å². The van der Waals surface area contributed by atoms with Crippen molar-refractivity contribution in [1.29, 1.82) is 0 Å². The van der Waals surface area contributed by atoms with Crippen molar-refractivity contribution in [2.45, 2.75) is 10.4 Å². The summed E-state index contributed by atoms with van der Waals surface area (Å²) in [6.45, 7) is 0.496. The van der Waals surface area contributed by atoms with Crippen LogP contribution in [0, 0.1) is 0 Å². The Morgan fingerprint density at radius 1 is 1.28 bits per heavy atom. The summed E-state index contributed by atoms with van der Waals surface area (Å²) in [5, 5.41) is 0.648. The number of hydrogen-bond acceptors (Lipinski definition) is 7. The van der Waals surface area contributed by atoms with Crippen LogP contribution in [0.15, 0.2) is 27.1 Å². The molecule has 0 aromatic carbocycles. The van der Waals surface area contributed by atoms with Gasteiger partial charge < -0.3 is 17.2 Å². The van der Waals surface area contributed by atoms with Crippen molar-refractivity contribution in [1.82, 2.24) is 9.97 Å². The first-order valence-electron chi connectivity index (χ1n) is 5.10. The molecule has 2 rings (SSSR count). The second-order valence-electron chi connectivity index (χ2n) is 3.48. The molecule has 0 saturated heterocycles. The monoisotopic (exact) mass is 345 g/mol. The molecule has 18 heavy (non-hydrogen) atoms. The van der Waals surface area contributed by atoms with Crippen molar-refractivity contribution in [3.05, 3.63) is 26.9 Å². The minimum Gasteiger partial charge on any atom is -0.383 e. The minimum absolute atomic E-state index is 0.0995. The van der Waals surface area contributed by atoms with Crippen molar-refractivity contribution in [2.24, 2.45) is 5.73 Å². The Hall–Kier alpha value is -0.830. The van der Waals surface area contributed by atoms with Gasteiger partial charge >= 0.3 is 0 Å². The van der Waals surface area contributed by atoms with Crippen LogP contribution in [0.25, 0.3) is 0 Å². The van der Waals surface area contributed by atoms with Crippen LogP contribution in [0.2, 0.25) is 0 Å². The zero-order valence-electron chi connectivity index (χ0n) is 9.34. The summed E-state index contributed by atoms with van der Waals surface area (Å²) >= 11 is 6.55. The first-order valence-corrected chi connectivity index (χ1v) is 7.59. The predicted octanol–water partition coefficient (Wildman–Crippen LogP) is 2.26. The number of anilines is 2. The topological polar surface area (TPSA) is 104 Å². The van der Waals surface area contributed by atoms with E-state index in [4.69, 9.17) is 17.2 Å². The third-order valence-corrected chi connectivity index (χ3v) is 5.13. The molecule has 2 heterocycles. The largest absolute Gasteiger partial charge is 0.383 e. The summed E-state index contributed by atoms with van der Waals surface area (Å²) in [5.41, 5.74) is 17.1. The van der Waals surface area contributed by atoms with Gasteiger partial charge in [-0.2, -0.15) is 0 Å². The summed E-state index contributed by atoms with van der Waals surface area (Å²) in [6, 6.07) is 5.57. The summed E-state index contributed by atoms with van der Waals surface area (Å²) in [7, 11) is 0. The van der Waals surface area contributed by atoms with Gasteiger partial charge in [-0.25, -0.2) is 9.97 Å². The van der Waals surface area contributed by atoms with Crippen LogP contribution >= 0.6 is 39.0 Å². The van der Waals surface area contributed by atoms with E-state index in [-0.39, 0.29) is 5.25 Å². The van der Waals surface area contributed by atoms with E-state index in [2.05, 4.69) is 25.9 Å². The number of nitrogens with two attached hydrogens (primary N) is 3. The van der Waals surface area contributed by atoms with Crippen LogP contribution in [0.3, 0.4) is 0 Å². The molecular formula is C10H12BrN5S2. The van der Waals surface area contributed by atoms with Crippen LogP contribution in [0.1, 0.15) is 10.1 Å². The number of halogens is 1. The fraction of sp³-hybridized carbons (Fsp3) is 0.200. The van der Waals surface area contributed by atoms with Gasteiger partial charge in [0, 0.05) is 17.5 Å². The van der Waals surface area contributed by atoms with Crippen molar-refractivity contribution >= 4 is 50.7 Å². The molecule has 5 nitrogen and oxygen atoms in total. The Morgan fingerprint density at radius 2 is 1.94 bits per heavy atom. The molecule has 0 radical (unpaired) electrons. The molecular weight excluding hydrogens is 334 g/mol. The predicted molar refractivity (Wildman–Crippen MR) is 80.5 cm³/mol. The summed E-state index contributed by atoms with van der Waals surface area (Å²) in [4.78, 5) is 9.45. The molecule has 2 aromatic heterocycles. The molecule has 0 spiro atoms. The molecule has 6 N–H and O–H groups in total. The van der Waals surface area contributed by atoms with Crippen molar-refractivity contribution < 1.29 is 0 Å². The van der Waals surface area contributed by atoms with Gasteiger partial charge in [0.2, 0.25) is 0 Å². The van der Waals surface area contributed by atoms with Crippen LogP contribution in [0.5, 0.6) is 0 Å². The van der Waals surface area contributed by atoms with Gasteiger partial charge in [0.05, 0.1) is 9.04 Å². The molecule has 0 fully saturated rings. The quantitative estimate of drug-likeness (QED) is 0.579. The summed E-state index contributed by atoms with van der Waals surface area (Å²) in [6.07, 6.45) is 0. The number of hydrogen-bond donors (Lipinski definition) is 3. The Kier molecular flexibility index (Phi) is 4.44.